The lowest BCUT2D eigenvalue weighted by Gasteiger charge is -2.10. The summed E-state index contributed by atoms with van der Waals surface area (Å²) in [4.78, 5) is 2.65. The van der Waals surface area contributed by atoms with Gasteiger partial charge in [-0.05, 0) is 49.2 Å². The first-order valence-corrected chi connectivity index (χ1v) is 10.0. The zero-order valence-corrected chi connectivity index (χ0v) is 14.7. The second kappa shape index (κ2) is 5.00. The minimum atomic E-state index is 0.391. The van der Waals surface area contributed by atoms with Crippen molar-refractivity contribution in [3.05, 3.63) is 59.7 Å². The molecule has 0 aliphatic carbocycles. The largest absolute Gasteiger partial charge is 0.148 e. The summed E-state index contributed by atoms with van der Waals surface area (Å²) in [5, 5.41) is 0. The van der Waals surface area contributed by atoms with E-state index in [1.54, 1.807) is 0 Å². The summed E-state index contributed by atoms with van der Waals surface area (Å²) < 4.78 is 0.782. The highest BCUT2D eigenvalue weighted by molar-refractivity contribution is 8.07. The molecule has 0 amide bonds. The third-order valence-electron chi connectivity index (χ3n) is 4.32. The van der Waals surface area contributed by atoms with E-state index in [-0.39, 0.29) is 0 Å². The molecule has 0 N–H and O–H groups in total. The lowest BCUT2D eigenvalue weighted by Crippen LogP contribution is -1.99. The Morgan fingerprint density at radius 2 is 1.05 bits per heavy atom. The molecule has 2 fully saturated rings. The SMILES string of the molecule is CC1(c2ccc(Sc3ccc(C4(C)CS4)cc3)cc2)CS1. The van der Waals surface area contributed by atoms with Gasteiger partial charge < -0.3 is 0 Å². The molecule has 2 saturated heterocycles. The molecular formula is C18H18S3. The highest BCUT2D eigenvalue weighted by atomic mass is 32.2. The Morgan fingerprint density at radius 1 is 0.714 bits per heavy atom. The second-order valence-corrected chi connectivity index (χ2v) is 10.3. The van der Waals surface area contributed by atoms with Crippen LogP contribution in [0.15, 0.2) is 58.3 Å². The van der Waals surface area contributed by atoms with Crippen LogP contribution in [0.2, 0.25) is 0 Å². The third-order valence-corrected chi connectivity index (χ3v) is 8.12. The lowest BCUT2D eigenvalue weighted by atomic mass is 10.0. The summed E-state index contributed by atoms with van der Waals surface area (Å²) in [6.07, 6.45) is 0. The normalized spacial score (nSPS) is 30.2. The second-order valence-electron chi connectivity index (χ2n) is 6.19. The molecule has 0 radical (unpaired) electrons. The fourth-order valence-electron chi connectivity index (χ4n) is 2.44. The average molecular weight is 331 g/mol. The van der Waals surface area contributed by atoms with Gasteiger partial charge in [0.1, 0.15) is 0 Å². The maximum absolute atomic E-state index is 2.33. The van der Waals surface area contributed by atoms with E-state index < -0.39 is 0 Å². The van der Waals surface area contributed by atoms with Crippen molar-refractivity contribution in [1.29, 1.82) is 0 Å². The van der Waals surface area contributed by atoms with Crippen LogP contribution in [-0.4, -0.2) is 11.5 Å². The maximum atomic E-state index is 2.33. The van der Waals surface area contributed by atoms with Gasteiger partial charge in [0.25, 0.3) is 0 Å². The van der Waals surface area contributed by atoms with Crippen LogP contribution in [0, 0.1) is 0 Å². The van der Waals surface area contributed by atoms with Gasteiger partial charge in [-0.25, -0.2) is 0 Å². The number of benzene rings is 2. The van der Waals surface area contributed by atoms with Crippen molar-refractivity contribution in [2.75, 3.05) is 11.5 Å². The van der Waals surface area contributed by atoms with Crippen molar-refractivity contribution in [1.82, 2.24) is 0 Å². The van der Waals surface area contributed by atoms with Crippen molar-refractivity contribution in [3.63, 3.8) is 0 Å². The molecule has 0 saturated carbocycles. The molecule has 2 unspecified atom stereocenters. The van der Waals surface area contributed by atoms with Crippen LogP contribution >= 0.6 is 35.3 Å². The van der Waals surface area contributed by atoms with Gasteiger partial charge in [-0.3, -0.25) is 0 Å². The van der Waals surface area contributed by atoms with Crippen LogP contribution in [0.5, 0.6) is 0 Å². The number of rotatable bonds is 4. The van der Waals surface area contributed by atoms with E-state index in [0.717, 1.165) is 0 Å². The zero-order chi connectivity index (χ0) is 14.5. The summed E-state index contributed by atoms with van der Waals surface area (Å²) in [6, 6.07) is 18.2. The molecule has 2 aromatic carbocycles. The van der Waals surface area contributed by atoms with E-state index in [2.05, 4.69) is 62.4 Å². The van der Waals surface area contributed by atoms with E-state index in [1.807, 2.05) is 35.3 Å². The van der Waals surface area contributed by atoms with E-state index in [4.69, 9.17) is 0 Å². The molecule has 108 valence electrons. The number of hydrogen-bond donors (Lipinski definition) is 0. The summed E-state index contributed by atoms with van der Waals surface area (Å²) in [5.74, 6) is 2.52. The van der Waals surface area contributed by atoms with Crippen molar-refractivity contribution < 1.29 is 0 Å². The molecule has 21 heavy (non-hydrogen) atoms. The third kappa shape index (κ3) is 2.88. The minimum Gasteiger partial charge on any atom is -0.148 e. The Labute approximate surface area is 139 Å². The van der Waals surface area contributed by atoms with Gasteiger partial charge in [0.05, 0.1) is 0 Å². The van der Waals surface area contributed by atoms with E-state index in [9.17, 15) is 0 Å². The molecule has 0 nitrogen and oxygen atoms in total. The quantitative estimate of drug-likeness (QED) is 0.654. The molecule has 0 aromatic heterocycles. The van der Waals surface area contributed by atoms with Crippen LogP contribution in [0.3, 0.4) is 0 Å². The molecular weight excluding hydrogens is 312 g/mol. The summed E-state index contributed by atoms with van der Waals surface area (Å²) >= 11 is 5.92. The summed E-state index contributed by atoms with van der Waals surface area (Å²) in [6.45, 7) is 4.66. The fourth-order valence-corrected chi connectivity index (χ4v) is 4.63. The monoisotopic (exact) mass is 330 g/mol. The standard InChI is InChI=1S/C18H18S3/c1-17(11-19-17)13-3-7-15(8-4-13)21-16-9-5-14(6-10-16)18(2)12-20-18/h3-10H,11-12H2,1-2H3. The van der Waals surface area contributed by atoms with Gasteiger partial charge in [-0.2, -0.15) is 0 Å². The minimum absolute atomic E-state index is 0.391. The van der Waals surface area contributed by atoms with Gasteiger partial charge in [-0.1, -0.05) is 36.0 Å². The molecule has 2 aliphatic heterocycles. The Balaban J connectivity index is 1.48. The summed E-state index contributed by atoms with van der Waals surface area (Å²) in [7, 11) is 0. The zero-order valence-electron chi connectivity index (χ0n) is 12.3. The Hall–Kier alpha value is -0.510. The van der Waals surface area contributed by atoms with Gasteiger partial charge in [0.2, 0.25) is 0 Å². The van der Waals surface area contributed by atoms with Crippen LogP contribution < -0.4 is 0 Å². The Bertz CT molecular complexity index is 590. The summed E-state index contributed by atoms with van der Waals surface area (Å²) in [5.41, 5.74) is 2.93. The van der Waals surface area contributed by atoms with E-state index in [0.29, 0.717) is 9.49 Å². The average Bonchev–Trinajstić information content (AvgIpc) is 3.41. The van der Waals surface area contributed by atoms with Crippen LogP contribution in [0.1, 0.15) is 25.0 Å². The first-order valence-electron chi connectivity index (χ1n) is 7.24. The van der Waals surface area contributed by atoms with Gasteiger partial charge >= 0.3 is 0 Å². The molecule has 0 spiro atoms. The predicted octanol–water partition coefficient (Wildman–Crippen LogP) is 5.76. The van der Waals surface area contributed by atoms with Crippen molar-refractivity contribution in [2.45, 2.75) is 33.1 Å². The molecule has 2 heterocycles. The molecule has 3 heteroatoms. The highest BCUT2D eigenvalue weighted by Crippen LogP contribution is 2.54. The van der Waals surface area contributed by atoms with Crippen LogP contribution in [0.4, 0.5) is 0 Å². The van der Waals surface area contributed by atoms with Crippen molar-refractivity contribution in [3.8, 4) is 0 Å². The lowest BCUT2D eigenvalue weighted by molar-refractivity contribution is 0.884. The molecule has 0 bridgehead atoms. The first-order chi connectivity index (χ1) is 10.1. The number of hydrogen-bond acceptors (Lipinski definition) is 3. The van der Waals surface area contributed by atoms with Gasteiger partial charge in [0, 0.05) is 30.8 Å². The smallest absolute Gasteiger partial charge is 0.0471 e. The first kappa shape index (κ1) is 14.1. The predicted molar refractivity (Wildman–Crippen MR) is 96.6 cm³/mol. The van der Waals surface area contributed by atoms with E-state index in [1.165, 1.54) is 32.4 Å². The molecule has 2 atom stereocenters. The van der Waals surface area contributed by atoms with Crippen molar-refractivity contribution in [2.24, 2.45) is 0 Å². The number of thioether (sulfide) groups is 2. The molecule has 4 rings (SSSR count). The fraction of sp³-hybridized carbons (Fsp3) is 0.333. The van der Waals surface area contributed by atoms with Crippen LogP contribution in [-0.2, 0) is 9.49 Å². The molecule has 2 aliphatic rings. The Kier molecular flexibility index (Phi) is 3.36. The van der Waals surface area contributed by atoms with Gasteiger partial charge in [0.15, 0.2) is 0 Å². The van der Waals surface area contributed by atoms with Crippen LogP contribution in [0.25, 0.3) is 0 Å². The van der Waals surface area contributed by atoms with Gasteiger partial charge in [-0.15, -0.1) is 23.5 Å². The van der Waals surface area contributed by atoms with E-state index >= 15 is 0 Å². The molecule has 2 aromatic rings. The van der Waals surface area contributed by atoms with Crippen molar-refractivity contribution >= 4 is 35.3 Å². The topological polar surface area (TPSA) is 0 Å². The Morgan fingerprint density at radius 3 is 1.33 bits per heavy atom. The highest BCUT2D eigenvalue weighted by Gasteiger charge is 2.40. The maximum Gasteiger partial charge on any atom is 0.0471 e.